The van der Waals surface area contributed by atoms with Crippen LogP contribution in [0.2, 0.25) is 0 Å². The van der Waals surface area contributed by atoms with E-state index in [2.05, 4.69) is 24.5 Å². The van der Waals surface area contributed by atoms with Crippen LogP contribution in [0.25, 0.3) is 0 Å². The summed E-state index contributed by atoms with van der Waals surface area (Å²) in [6, 6.07) is 0.00442. The molecule has 0 bridgehead atoms. The zero-order chi connectivity index (χ0) is 14.3. The van der Waals surface area contributed by atoms with Gasteiger partial charge in [0.05, 0.1) is 5.60 Å². The van der Waals surface area contributed by atoms with Crippen molar-refractivity contribution in [1.82, 2.24) is 10.6 Å². The molecule has 6 heteroatoms. The second-order valence-corrected chi connectivity index (χ2v) is 4.95. The number of ether oxygens (including phenoxy) is 1. The van der Waals surface area contributed by atoms with Gasteiger partial charge in [-0.3, -0.25) is 9.59 Å². The maximum atomic E-state index is 11.7. The lowest BCUT2D eigenvalue weighted by Crippen LogP contribution is -2.51. The normalized spacial score (nSPS) is 21.7. The Morgan fingerprint density at radius 3 is 2.58 bits per heavy atom. The topological polar surface area (TPSA) is 93.5 Å². The van der Waals surface area contributed by atoms with Crippen molar-refractivity contribution in [2.75, 3.05) is 19.7 Å². The Balaban J connectivity index is 2.48. The van der Waals surface area contributed by atoms with E-state index in [-0.39, 0.29) is 11.6 Å². The average molecular weight is 271 g/mol. The molecule has 0 radical (unpaired) electrons. The van der Waals surface area contributed by atoms with Crippen molar-refractivity contribution in [2.45, 2.75) is 51.2 Å². The predicted octanol–water partition coefficient (Wildman–Crippen LogP) is -0.0847. The molecule has 0 aromatic rings. The molecule has 1 atom stereocenters. The number of rotatable bonds is 5. The van der Waals surface area contributed by atoms with Gasteiger partial charge in [0.15, 0.2) is 0 Å². The molecular formula is C13H25N3O3. The Morgan fingerprint density at radius 2 is 2.00 bits per heavy atom. The van der Waals surface area contributed by atoms with Crippen molar-refractivity contribution in [2.24, 2.45) is 5.73 Å². The van der Waals surface area contributed by atoms with Gasteiger partial charge in [-0.05, 0) is 25.7 Å². The number of nitrogens with one attached hydrogen (secondary N) is 2. The molecule has 1 aliphatic heterocycles. The van der Waals surface area contributed by atoms with Crippen molar-refractivity contribution in [3.63, 3.8) is 0 Å². The number of nitrogens with two attached hydrogens (primary N) is 1. The van der Waals surface area contributed by atoms with Crippen LogP contribution in [0.15, 0.2) is 0 Å². The van der Waals surface area contributed by atoms with Crippen LogP contribution in [-0.2, 0) is 14.3 Å². The van der Waals surface area contributed by atoms with E-state index < -0.39 is 11.8 Å². The highest BCUT2D eigenvalue weighted by atomic mass is 16.5. The first-order valence-electron chi connectivity index (χ1n) is 6.99. The average Bonchev–Trinajstić information content (AvgIpc) is 2.44. The molecular weight excluding hydrogens is 246 g/mol. The first-order chi connectivity index (χ1) is 9.06. The van der Waals surface area contributed by atoms with Crippen LogP contribution in [0.1, 0.15) is 39.5 Å². The quantitative estimate of drug-likeness (QED) is 0.609. The lowest BCUT2D eigenvalue weighted by molar-refractivity contribution is -0.141. The molecule has 0 saturated carbocycles. The van der Waals surface area contributed by atoms with Gasteiger partial charge in [-0.25, -0.2) is 0 Å². The summed E-state index contributed by atoms with van der Waals surface area (Å²) in [5.74, 6) is -1.20. The fourth-order valence-corrected chi connectivity index (χ4v) is 2.41. The van der Waals surface area contributed by atoms with Gasteiger partial charge in [0.25, 0.3) is 0 Å². The minimum Gasteiger partial charge on any atom is -0.375 e. The lowest BCUT2D eigenvalue weighted by Gasteiger charge is -2.40. The summed E-state index contributed by atoms with van der Waals surface area (Å²) >= 11 is 0. The van der Waals surface area contributed by atoms with E-state index in [0.717, 1.165) is 25.7 Å². The Labute approximate surface area is 114 Å². The number of amides is 2. The van der Waals surface area contributed by atoms with E-state index in [0.29, 0.717) is 19.7 Å². The van der Waals surface area contributed by atoms with Crippen LogP contribution in [0, 0.1) is 0 Å². The van der Waals surface area contributed by atoms with Gasteiger partial charge in [-0.1, -0.05) is 13.8 Å². The van der Waals surface area contributed by atoms with Crippen LogP contribution in [0.3, 0.4) is 0 Å². The van der Waals surface area contributed by atoms with Crippen LogP contribution >= 0.6 is 0 Å². The lowest BCUT2D eigenvalue weighted by atomic mass is 9.86. The summed E-state index contributed by atoms with van der Waals surface area (Å²) in [4.78, 5) is 23.2. The highest BCUT2D eigenvalue weighted by molar-refractivity contribution is 6.35. The van der Waals surface area contributed by atoms with E-state index in [4.69, 9.17) is 10.5 Å². The van der Waals surface area contributed by atoms with Crippen molar-refractivity contribution in [1.29, 1.82) is 0 Å². The summed E-state index contributed by atoms with van der Waals surface area (Å²) < 4.78 is 5.83. The Hall–Kier alpha value is -1.14. The molecule has 19 heavy (non-hydrogen) atoms. The molecule has 1 saturated heterocycles. The number of carbonyl (C=O) groups is 2. The van der Waals surface area contributed by atoms with E-state index in [1.54, 1.807) is 0 Å². The zero-order valence-electron chi connectivity index (χ0n) is 11.8. The highest BCUT2D eigenvalue weighted by Crippen LogP contribution is 2.31. The molecule has 2 amide bonds. The van der Waals surface area contributed by atoms with Crippen LogP contribution in [-0.4, -0.2) is 43.2 Å². The predicted molar refractivity (Wildman–Crippen MR) is 72.5 cm³/mol. The first-order valence-corrected chi connectivity index (χ1v) is 6.99. The van der Waals surface area contributed by atoms with Gasteiger partial charge in [0, 0.05) is 25.7 Å². The molecule has 4 N–H and O–H groups in total. The minimum absolute atomic E-state index is 0.00442. The van der Waals surface area contributed by atoms with E-state index in [9.17, 15) is 9.59 Å². The molecule has 0 spiro atoms. The van der Waals surface area contributed by atoms with Gasteiger partial charge in [0.1, 0.15) is 0 Å². The van der Waals surface area contributed by atoms with Crippen LogP contribution < -0.4 is 16.4 Å². The fraction of sp³-hybridized carbons (Fsp3) is 0.846. The number of hydrogen-bond donors (Lipinski definition) is 3. The maximum absolute atomic E-state index is 11.7. The molecule has 6 nitrogen and oxygen atoms in total. The van der Waals surface area contributed by atoms with Gasteiger partial charge in [-0.15, -0.1) is 0 Å². The third-order valence-corrected chi connectivity index (χ3v) is 3.75. The number of hydrogen-bond acceptors (Lipinski definition) is 4. The molecule has 1 rings (SSSR count). The van der Waals surface area contributed by atoms with E-state index >= 15 is 0 Å². The standard InChI is InChI=1S/C13H25N3O3/c1-3-13(4-2)9-10(5-8-19-13)16-12(18)11(17)15-7-6-14/h10H,3-9,14H2,1-2H3,(H,15,17)(H,16,18). The van der Waals surface area contributed by atoms with Gasteiger partial charge in [0.2, 0.25) is 0 Å². The second-order valence-electron chi connectivity index (χ2n) is 4.95. The Bertz CT molecular complexity index is 316. The van der Waals surface area contributed by atoms with Gasteiger partial charge >= 0.3 is 11.8 Å². The monoisotopic (exact) mass is 271 g/mol. The summed E-state index contributed by atoms with van der Waals surface area (Å²) in [6.45, 7) is 5.43. The molecule has 1 fully saturated rings. The van der Waals surface area contributed by atoms with Crippen LogP contribution in [0.4, 0.5) is 0 Å². The van der Waals surface area contributed by atoms with Crippen LogP contribution in [0.5, 0.6) is 0 Å². The first kappa shape index (κ1) is 15.9. The van der Waals surface area contributed by atoms with Crippen molar-refractivity contribution < 1.29 is 14.3 Å². The molecule has 0 aromatic carbocycles. The molecule has 0 aromatic heterocycles. The molecule has 1 unspecified atom stereocenters. The van der Waals surface area contributed by atoms with Gasteiger partial charge in [-0.2, -0.15) is 0 Å². The summed E-state index contributed by atoms with van der Waals surface area (Å²) in [6.07, 6.45) is 3.33. The summed E-state index contributed by atoms with van der Waals surface area (Å²) in [5, 5.41) is 5.24. The SMILES string of the molecule is CCC1(CC)CC(NC(=O)C(=O)NCCN)CCO1. The van der Waals surface area contributed by atoms with Crippen molar-refractivity contribution in [3.05, 3.63) is 0 Å². The highest BCUT2D eigenvalue weighted by Gasteiger charge is 2.35. The second kappa shape index (κ2) is 7.45. The third-order valence-electron chi connectivity index (χ3n) is 3.75. The Kier molecular flexibility index (Phi) is 6.24. The smallest absolute Gasteiger partial charge is 0.309 e. The molecule has 0 aliphatic carbocycles. The summed E-state index contributed by atoms with van der Waals surface area (Å²) in [5.41, 5.74) is 5.11. The fourth-order valence-electron chi connectivity index (χ4n) is 2.41. The van der Waals surface area contributed by atoms with Crippen molar-refractivity contribution in [3.8, 4) is 0 Å². The minimum atomic E-state index is -0.615. The Morgan fingerprint density at radius 1 is 1.32 bits per heavy atom. The number of carbonyl (C=O) groups excluding carboxylic acids is 2. The van der Waals surface area contributed by atoms with Gasteiger partial charge < -0.3 is 21.1 Å². The molecule has 1 heterocycles. The largest absolute Gasteiger partial charge is 0.375 e. The van der Waals surface area contributed by atoms with Crippen molar-refractivity contribution >= 4 is 11.8 Å². The maximum Gasteiger partial charge on any atom is 0.309 e. The third kappa shape index (κ3) is 4.47. The summed E-state index contributed by atoms with van der Waals surface area (Å²) in [7, 11) is 0. The van der Waals surface area contributed by atoms with E-state index in [1.807, 2.05) is 0 Å². The molecule has 1 aliphatic rings. The zero-order valence-corrected chi connectivity index (χ0v) is 11.8. The molecule has 110 valence electrons. The van der Waals surface area contributed by atoms with E-state index in [1.165, 1.54) is 0 Å².